The van der Waals surface area contributed by atoms with Gasteiger partial charge in [0.15, 0.2) is 0 Å². The highest BCUT2D eigenvalue weighted by molar-refractivity contribution is 9.10. The van der Waals surface area contributed by atoms with Gasteiger partial charge < -0.3 is 9.64 Å². The first-order valence-electron chi connectivity index (χ1n) is 6.32. The highest BCUT2D eigenvalue weighted by atomic mass is 79.9. The monoisotopic (exact) mass is 353 g/mol. The lowest BCUT2D eigenvalue weighted by atomic mass is 10.1. The Labute approximate surface area is 130 Å². The fraction of sp³-hybridized carbons (Fsp3) is 0.286. The average molecular weight is 355 g/mol. The molecule has 6 heteroatoms. The van der Waals surface area contributed by atoms with Gasteiger partial charge in [-0.15, -0.1) is 0 Å². The van der Waals surface area contributed by atoms with Crippen molar-refractivity contribution in [3.63, 3.8) is 0 Å². The van der Waals surface area contributed by atoms with Crippen molar-refractivity contribution in [3.8, 4) is 0 Å². The molecule has 0 N–H and O–H groups in total. The SMILES string of the molecule is Clc1cncc(N2CCOC(c3ccc(Br)cc3)C2)n1. The second-order valence-corrected chi connectivity index (χ2v) is 5.86. The van der Waals surface area contributed by atoms with Gasteiger partial charge >= 0.3 is 0 Å². The van der Waals surface area contributed by atoms with E-state index < -0.39 is 0 Å². The predicted molar refractivity (Wildman–Crippen MR) is 82.1 cm³/mol. The third kappa shape index (κ3) is 3.11. The topological polar surface area (TPSA) is 38.2 Å². The van der Waals surface area contributed by atoms with Crippen molar-refractivity contribution in [2.24, 2.45) is 0 Å². The first-order valence-corrected chi connectivity index (χ1v) is 7.49. The van der Waals surface area contributed by atoms with Gasteiger partial charge in [0, 0.05) is 17.6 Å². The quantitative estimate of drug-likeness (QED) is 0.828. The molecular formula is C14H13BrClN3O. The van der Waals surface area contributed by atoms with Crippen molar-refractivity contribution in [2.75, 3.05) is 24.6 Å². The summed E-state index contributed by atoms with van der Waals surface area (Å²) in [4.78, 5) is 10.5. The van der Waals surface area contributed by atoms with Crippen LogP contribution in [0.25, 0.3) is 0 Å². The number of hydrogen-bond acceptors (Lipinski definition) is 4. The summed E-state index contributed by atoms with van der Waals surface area (Å²) in [5.41, 5.74) is 1.16. The van der Waals surface area contributed by atoms with Crippen molar-refractivity contribution >= 4 is 33.3 Å². The van der Waals surface area contributed by atoms with E-state index >= 15 is 0 Å². The van der Waals surface area contributed by atoms with E-state index in [2.05, 4.69) is 42.9 Å². The molecule has 3 rings (SSSR count). The highest BCUT2D eigenvalue weighted by Gasteiger charge is 2.23. The minimum atomic E-state index is 0.0395. The smallest absolute Gasteiger partial charge is 0.149 e. The van der Waals surface area contributed by atoms with Crippen LogP contribution in [0.3, 0.4) is 0 Å². The Hall–Kier alpha value is -1.17. The summed E-state index contributed by atoms with van der Waals surface area (Å²) in [6, 6.07) is 8.19. The minimum absolute atomic E-state index is 0.0395. The van der Waals surface area contributed by atoms with Crippen LogP contribution in [-0.4, -0.2) is 29.7 Å². The molecule has 0 amide bonds. The molecule has 4 nitrogen and oxygen atoms in total. The number of aromatic nitrogens is 2. The molecule has 1 saturated heterocycles. The van der Waals surface area contributed by atoms with Gasteiger partial charge in [-0.1, -0.05) is 39.7 Å². The van der Waals surface area contributed by atoms with E-state index in [0.29, 0.717) is 11.8 Å². The summed E-state index contributed by atoms with van der Waals surface area (Å²) in [6.45, 7) is 2.20. The third-order valence-electron chi connectivity index (χ3n) is 3.22. The zero-order chi connectivity index (χ0) is 13.9. The van der Waals surface area contributed by atoms with Crippen LogP contribution in [0.2, 0.25) is 5.15 Å². The van der Waals surface area contributed by atoms with Gasteiger partial charge in [-0.2, -0.15) is 0 Å². The minimum Gasteiger partial charge on any atom is -0.370 e. The fourth-order valence-corrected chi connectivity index (χ4v) is 2.63. The highest BCUT2D eigenvalue weighted by Crippen LogP contribution is 2.26. The molecule has 1 aromatic heterocycles. The Morgan fingerprint density at radius 3 is 2.80 bits per heavy atom. The molecule has 2 aromatic rings. The van der Waals surface area contributed by atoms with Crippen LogP contribution in [0.15, 0.2) is 41.1 Å². The first kappa shape index (κ1) is 13.8. The van der Waals surface area contributed by atoms with Gasteiger partial charge in [0.25, 0.3) is 0 Å². The largest absolute Gasteiger partial charge is 0.370 e. The second-order valence-electron chi connectivity index (χ2n) is 4.56. The molecule has 1 atom stereocenters. The van der Waals surface area contributed by atoms with E-state index in [1.165, 1.54) is 6.20 Å². The number of anilines is 1. The zero-order valence-corrected chi connectivity index (χ0v) is 13.0. The predicted octanol–water partition coefficient (Wildman–Crippen LogP) is 3.47. The third-order valence-corrected chi connectivity index (χ3v) is 3.94. The van der Waals surface area contributed by atoms with Crippen LogP contribution in [0.1, 0.15) is 11.7 Å². The molecule has 0 aliphatic carbocycles. The summed E-state index contributed by atoms with van der Waals surface area (Å²) in [6.07, 6.45) is 3.31. The zero-order valence-electron chi connectivity index (χ0n) is 10.7. The summed E-state index contributed by atoms with van der Waals surface area (Å²) < 4.78 is 6.91. The van der Waals surface area contributed by atoms with Gasteiger partial charge in [-0.05, 0) is 17.7 Å². The first-order chi connectivity index (χ1) is 9.72. The van der Waals surface area contributed by atoms with Gasteiger partial charge in [0.1, 0.15) is 17.1 Å². The summed E-state index contributed by atoms with van der Waals surface area (Å²) >= 11 is 9.34. The number of halogens is 2. The Morgan fingerprint density at radius 2 is 2.05 bits per heavy atom. The molecule has 0 saturated carbocycles. The maximum atomic E-state index is 5.90. The molecule has 0 radical (unpaired) electrons. The van der Waals surface area contributed by atoms with Crippen LogP contribution < -0.4 is 4.90 Å². The van der Waals surface area contributed by atoms with E-state index in [1.807, 2.05) is 12.1 Å². The maximum absolute atomic E-state index is 5.90. The lowest BCUT2D eigenvalue weighted by Gasteiger charge is -2.33. The van der Waals surface area contributed by atoms with Crippen LogP contribution in [0, 0.1) is 0 Å². The van der Waals surface area contributed by atoms with Gasteiger partial charge in [-0.25, -0.2) is 4.98 Å². The Bertz CT molecular complexity index is 593. The number of benzene rings is 1. The van der Waals surface area contributed by atoms with E-state index in [4.69, 9.17) is 16.3 Å². The van der Waals surface area contributed by atoms with E-state index in [-0.39, 0.29) is 6.10 Å². The average Bonchev–Trinajstić information content (AvgIpc) is 2.48. The van der Waals surface area contributed by atoms with Crippen LogP contribution in [0.5, 0.6) is 0 Å². The number of ether oxygens (including phenoxy) is 1. The summed E-state index contributed by atoms with van der Waals surface area (Å²) in [5, 5.41) is 0.411. The Morgan fingerprint density at radius 1 is 1.25 bits per heavy atom. The van der Waals surface area contributed by atoms with Crippen LogP contribution in [0.4, 0.5) is 5.82 Å². The van der Waals surface area contributed by atoms with Crippen LogP contribution in [-0.2, 0) is 4.74 Å². The van der Waals surface area contributed by atoms with Crippen LogP contribution >= 0.6 is 27.5 Å². The van der Waals surface area contributed by atoms with Crippen molar-refractivity contribution in [1.82, 2.24) is 9.97 Å². The number of rotatable bonds is 2. The van der Waals surface area contributed by atoms with Gasteiger partial charge in [0.05, 0.1) is 19.0 Å². The normalized spacial score (nSPS) is 19.1. The molecular weight excluding hydrogens is 342 g/mol. The second kappa shape index (κ2) is 6.08. The number of hydrogen-bond donors (Lipinski definition) is 0. The molecule has 1 aliphatic heterocycles. The summed E-state index contributed by atoms with van der Waals surface area (Å²) in [7, 11) is 0. The molecule has 0 spiro atoms. The van der Waals surface area contributed by atoms with Crippen molar-refractivity contribution < 1.29 is 4.74 Å². The molecule has 0 bridgehead atoms. The van der Waals surface area contributed by atoms with Gasteiger partial charge in [0.2, 0.25) is 0 Å². The fourth-order valence-electron chi connectivity index (χ4n) is 2.22. The summed E-state index contributed by atoms with van der Waals surface area (Å²) in [5.74, 6) is 0.794. The van der Waals surface area contributed by atoms with Gasteiger partial charge in [-0.3, -0.25) is 4.98 Å². The maximum Gasteiger partial charge on any atom is 0.149 e. The Balaban J connectivity index is 1.78. The molecule has 1 aliphatic rings. The van der Waals surface area contributed by atoms with Crippen molar-refractivity contribution in [3.05, 3.63) is 51.8 Å². The standard InChI is InChI=1S/C14H13BrClN3O/c15-11-3-1-10(2-4-11)12-9-19(5-6-20-12)14-8-17-7-13(16)18-14/h1-4,7-8,12H,5-6,9H2. The lowest BCUT2D eigenvalue weighted by molar-refractivity contribution is 0.0395. The van der Waals surface area contributed by atoms with E-state index in [9.17, 15) is 0 Å². The molecule has 104 valence electrons. The molecule has 1 aromatic carbocycles. The van der Waals surface area contributed by atoms with Crippen molar-refractivity contribution in [2.45, 2.75) is 6.10 Å². The van der Waals surface area contributed by atoms with Crippen molar-refractivity contribution in [1.29, 1.82) is 0 Å². The van der Waals surface area contributed by atoms with E-state index in [0.717, 1.165) is 28.9 Å². The molecule has 2 heterocycles. The Kier molecular flexibility index (Phi) is 4.19. The lowest BCUT2D eigenvalue weighted by Crippen LogP contribution is -2.38. The molecule has 1 fully saturated rings. The van der Waals surface area contributed by atoms with E-state index in [1.54, 1.807) is 6.20 Å². The molecule has 1 unspecified atom stereocenters. The number of nitrogens with zero attached hydrogens (tertiary/aromatic N) is 3. The molecule has 20 heavy (non-hydrogen) atoms. The number of morpholine rings is 1.